The molecule has 0 aliphatic heterocycles. The number of hydrogen-bond acceptors (Lipinski definition) is 11. The van der Waals surface area contributed by atoms with E-state index in [2.05, 4.69) is 13.2 Å². The number of nitrogens with zero attached hydrogens (tertiary/aromatic N) is 1. The van der Waals surface area contributed by atoms with E-state index in [0.717, 1.165) is 97.3 Å². The number of rotatable bonds is 24. The number of carbonyl (C=O) groups excluding carboxylic acids is 4. The van der Waals surface area contributed by atoms with Gasteiger partial charge in [0.25, 0.3) is 0 Å². The van der Waals surface area contributed by atoms with Gasteiger partial charge in [-0.3, -0.25) is 0 Å². The van der Waals surface area contributed by atoms with E-state index < -0.39 is 23.9 Å². The van der Waals surface area contributed by atoms with Crippen molar-refractivity contribution in [3.8, 4) is 51.3 Å². The fourth-order valence-electron chi connectivity index (χ4n) is 6.10. The van der Waals surface area contributed by atoms with E-state index in [-0.39, 0.29) is 28.2 Å². The lowest BCUT2D eigenvalue weighted by molar-refractivity contribution is -0.138. The normalized spacial score (nSPS) is 10.4. The summed E-state index contributed by atoms with van der Waals surface area (Å²) in [5.41, 5.74) is 4.40. The molecule has 0 aromatic heterocycles. The number of ether oxygens (including phenoxy) is 6. The van der Waals surface area contributed by atoms with Gasteiger partial charge in [0.1, 0.15) is 11.5 Å². The largest absolute Gasteiger partial charge is 0.494 e. The SMILES string of the molecule is C=CC(=O)OCCCCCCOc1ccc(-c2ccc(C(=O)Oc3ccc(C#N)cc3OC(=O)c3ccc(-c4ccc(OCCCCCCOC(=O)C=C)cc4)cc3)cc2)cc1. The lowest BCUT2D eigenvalue weighted by atomic mass is 10.0. The summed E-state index contributed by atoms with van der Waals surface area (Å²) in [5, 5.41) is 9.53. The monoisotopic (exact) mass is 835 g/mol. The van der Waals surface area contributed by atoms with Crippen molar-refractivity contribution in [2.24, 2.45) is 0 Å². The molecular weight excluding hydrogens is 787 g/mol. The lowest BCUT2D eigenvalue weighted by Gasteiger charge is -2.12. The van der Waals surface area contributed by atoms with Crippen molar-refractivity contribution in [2.45, 2.75) is 51.4 Å². The molecule has 0 radical (unpaired) electrons. The highest BCUT2D eigenvalue weighted by atomic mass is 16.6. The summed E-state index contributed by atoms with van der Waals surface area (Å²) >= 11 is 0. The van der Waals surface area contributed by atoms with Crippen LogP contribution >= 0.6 is 0 Å². The third-order valence-corrected chi connectivity index (χ3v) is 9.53. The van der Waals surface area contributed by atoms with E-state index in [1.807, 2.05) is 66.7 Å². The fraction of sp³-hybridized carbons (Fsp3) is 0.235. The minimum absolute atomic E-state index is 0.0125. The van der Waals surface area contributed by atoms with Crippen LogP contribution in [0.4, 0.5) is 0 Å². The van der Waals surface area contributed by atoms with E-state index in [1.165, 1.54) is 18.2 Å². The van der Waals surface area contributed by atoms with Crippen molar-refractivity contribution in [3.05, 3.63) is 157 Å². The Labute approximate surface area is 362 Å². The number of carbonyl (C=O) groups is 4. The van der Waals surface area contributed by atoms with Crippen molar-refractivity contribution in [1.29, 1.82) is 5.26 Å². The summed E-state index contributed by atoms with van der Waals surface area (Å²) in [6.07, 6.45) is 9.48. The highest BCUT2D eigenvalue weighted by Crippen LogP contribution is 2.31. The Morgan fingerprint density at radius 3 is 1.23 bits per heavy atom. The van der Waals surface area contributed by atoms with E-state index in [4.69, 9.17) is 28.4 Å². The Bertz CT molecular complexity index is 2310. The highest BCUT2D eigenvalue weighted by molar-refractivity contribution is 5.94. The van der Waals surface area contributed by atoms with E-state index in [9.17, 15) is 24.4 Å². The Kier molecular flexibility index (Phi) is 18.1. The summed E-state index contributed by atoms with van der Waals surface area (Å²) in [4.78, 5) is 48.7. The van der Waals surface area contributed by atoms with Crippen LogP contribution in [0.25, 0.3) is 22.3 Å². The van der Waals surface area contributed by atoms with Crippen LogP contribution in [0.5, 0.6) is 23.0 Å². The third-order valence-electron chi connectivity index (χ3n) is 9.53. The molecule has 0 unspecified atom stereocenters. The van der Waals surface area contributed by atoms with Crippen LogP contribution < -0.4 is 18.9 Å². The van der Waals surface area contributed by atoms with Crippen LogP contribution in [0.2, 0.25) is 0 Å². The molecule has 11 heteroatoms. The molecule has 0 spiro atoms. The van der Waals surface area contributed by atoms with Gasteiger partial charge in [-0.25, -0.2) is 19.2 Å². The standard InChI is InChI=1S/C51H49NO10/c1-3-48(53)59-33-11-7-5-9-31-57-44-26-22-40(23-27-44)38-14-18-42(19-15-38)50(55)61-46-30-13-37(36-52)35-47(46)62-51(56)43-20-16-39(17-21-43)41-24-28-45(29-25-41)58-32-10-6-8-12-34-60-49(54)4-2/h3-4,13-30,35H,1-2,5-12,31-34H2. The number of hydrogen-bond donors (Lipinski definition) is 0. The molecule has 0 saturated heterocycles. The Morgan fingerprint density at radius 2 is 0.839 bits per heavy atom. The molecule has 0 bridgehead atoms. The van der Waals surface area contributed by atoms with Gasteiger partial charge in [0.15, 0.2) is 11.5 Å². The molecule has 5 aromatic rings. The lowest BCUT2D eigenvalue weighted by Crippen LogP contribution is -2.13. The number of esters is 4. The molecule has 5 aromatic carbocycles. The Morgan fingerprint density at radius 1 is 0.468 bits per heavy atom. The first-order valence-corrected chi connectivity index (χ1v) is 20.5. The van der Waals surface area contributed by atoms with E-state index in [1.54, 1.807) is 36.4 Å². The zero-order valence-electron chi connectivity index (χ0n) is 34.6. The minimum Gasteiger partial charge on any atom is -0.494 e. The van der Waals surface area contributed by atoms with Crippen molar-refractivity contribution in [3.63, 3.8) is 0 Å². The maximum atomic E-state index is 13.3. The van der Waals surface area contributed by atoms with Crippen molar-refractivity contribution in [2.75, 3.05) is 26.4 Å². The molecule has 0 N–H and O–H groups in total. The van der Waals surface area contributed by atoms with Gasteiger partial charge in [-0.2, -0.15) is 5.26 Å². The number of unbranched alkanes of at least 4 members (excludes halogenated alkanes) is 6. The number of nitriles is 1. The summed E-state index contributed by atoms with van der Waals surface area (Å²) in [5.74, 6) is -0.739. The second-order valence-electron chi connectivity index (χ2n) is 14.0. The minimum atomic E-state index is -0.688. The molecule has 0 atom stereocenters. The summed E-state index contributed by atoms with van der Waals surface area (Å²) in [7, 11) is 0. The Hall–Kier alpha value is -7.45. The van der Waals surface area contributed by atoms with Crippen LogP contribution in [-0.2, 0) is 19.1 Å². The first kappa shape index (κ1) is 45.6. The predicted octanol–water partition coefficient (Wildman–Crippen LogP) is 10.7. The topological polar surface area (TPSA) is 147 Å². The van der Waals surface area contributed by atoms with Crippen LogP contribution in [-0.4, -0.2) is 50.3 Å². The van der Waals surface area contributed by atoms with Crippen molar-refractivity contribution in [1.82, 2.24) is 0 Å². The van der Waals surface area contributed by atoms with Crippen molar-refractivity contribution >= 4 is 23.9 Å². The number of benzene rings is 5. The summed E-state index contributed by atoms with van der Waals surface area (Å²) < 4.78 is 33.0. The maximum absolute atomic E-state index is 13.3. The van der Waals surface area contributed by atoms with Gasteiger partial charge in [-0.1, -0.05) is 61.7 Å². The van der Waals surface area contributed by atoms with Gasteiger partial charge >= 0.3 is 23.9 Å². The molecular formula is C51H49NO10. The fourth-order valence-corrected chi connectivity index (χ4v) is 6.10. The maximum Gasteiger partial charge on any atom is 0.343 e. The van der Waals surface area contributed by atoms with Crippen LogP contribution in [0.1, 0.15) is 77.6 Å². The zero-order chi connectivity index (χ0) is 43.9. The average molecular weight is 836 g/mol. The van der Waals surface area contributed by atoms with Gasteiger partial charge < -0.3 is 28.4 Å². The molecule has 0 amide bonds. The van der Waals surface area contributed by atoms with Gasteiger partial charge in [0.05, 0.1) is 49.2 Å². The summed E-state index contributed by atoms with van der Waals surface area (Å²) in [6.45, 7) is 8.69. The van der Waals surface area contributed by atoms with Crippen LogP contribution in [0.3, 0.4) is 0 Å². The van der Waals surface area contributed by atoms with Crippen LogP contribution in [0, 0.1) is 11.3 Å². The molecule has 0 heterocycles. The molecule has 0 fully saturated rings. The van der Waals surface area contributed by atoms with E-state index >= 15 is 0 Å². The van der Waals surface area contributed by atoms with Gasteiger partial charge in [0.2, 0.25) is 0 Å². The quantitative estimate of drug-likeness (QED) is 0.0253. The molecule has 11 nitrogen and oxygen atoms in total. The molecule has 0 aliphatic rings. The van der Waals surface area contributed by atoms with E-state index in [0.29, 0.717) is 26.4 Å². The third kappa shape index (κ3) is 14.7. The second kappa shape index (κ2) is 24.6. The molecule has 62 heavy (non-hydrogen) atoms. The molecule has 318 valence electrons. The first-order chi connectivity index (χ1) is 30.3. The van der Waals surface area contributed by atoms with Crippen molar-refractivity contribution < 1.29 is 47.6 Å². The smallest absolute Gasteiger partial charge is 0.343 e. The Balaban J connectivity index is 1.09. The average Bonchev–Trinajstić information content (AvgIpc) is 3.31. The predicted molar refractivity (Wildman–Crippen MR) is 235 cm³/mol. The van der Waals surface area contributed by atoms with Gasteiger partial charge in [0, 0.05) is 18.2 Å². The van der Waals surface area contributed by atoms with Gasteiger partial charge in [-0.15, -0.1) is 0 Å². The van der Waals surface area contributed by atoms with Crippen LogP contribution in [0.15, 0.2) is 141 Å². The summed E-state index contributed by atoms with van der Waals surface area (Å²) in [6, 6.07) is 35.4. The highest BCUT2D eigenvalue weighted by Gasteiger charge is 2.18. The second-order valence-corrected chi connectivity index (χ2v) is 14.0. The molecule has 5 rings (SSSR count). The molecule has 0 aliphatic carbocycles. The first-order valence-electron chi connectivity index (χ1n) is 20.5. The zero-order valence-corrected chi connectivity index (χ0v) is 34.6. The van der Waals surface area contributed by atoms with Gasteiger partial charge in [-0.05, 0) is 134 Å². The molecule has 0 saturated carbocycles.